The summed E-state index contributed by atoms with van der Waals surface area (Å²) in [6.45, 7) is 3.51. The van der Waals surface area contributed by atoms with E-state index < -0.39 is 0 Å². The van der Waals surface area contributed by atoms with Gasteiger partial charge in [-0.25, -0.2) is 4.98 Å². The molecule has 0 aliphatic heterocycles. The molecule has 6 heteroatoms. The highest BCUT2D eigenvalue weighted by atomic mass is 127. The molecule has 2 aromatic carbocycles. The molecule has 146 valence electrons. The first kappa shape index (κ1) is 20.4. The molecule has 0 amide bonds. The summed E-state index contributed by atoms with van der Waals surface area (Å²) in [6.07, 6.45) is 2.82. The largest absolute Gasteiger partial charge is 0.444 e. The van der Waals surface area contributed by atoms with E-state index in [-0.39, 0.29) is 24.0 Å². The highest BCUT2D eigenvalue weighted by Gasteiger charge is 2.25. The summed E-state index contributed by atoms with van der Waals surface area (Å²) in [5.41, 5.74) is 5.95. The van der Waals surface area contributed by atoms with Crippen molar-refractivity contribution in [1.82, 2.24) is 15.6 Å². The smallest absolute Gasteiger partial charge is 0.226 e. The summed E-state index contributed by atoms with van der Waals surface area (Å²) < 4.78 is 5.61. The Labute approximate surface area is 182 Å². The number of rotatable bonds is 5. The first-order valence-corrected chi connectivity index (χ1v) is 9.26. The lowest BCUT2D eigenvalue weighted by Crippen LogP contribution is -2.40. The zero-order chi connectivity index (χ0) is 18.6. The second kappa shape index (κ2) is 9.23. The van der Waals surface area contributed by atoms with E-state index in [0.717, 1.165) is 30.2 Å². The molecule has 5 nitrogen and oxygen atoms in total. The van der Waals surface area contributed by atoms with Crippen molar-refractivity contribution in [2.45, 2.75) is 25.8 Å². The van der Waals surface area contributed by atoms with Crippen LogP contribution in [0.4, 0.5) is 0 Å². The van der Waals surface area contributed by atoms with E-state index in [2.05, 4.69) is 63.9 Å². The van der Waals surface area contributed by atoms with Gasteiger partial charge in [0.1, 0.15) is 6.26 Å². The maximum atomic E-state index is 5.61. The monoisotopic (exact) mass is 488 g/mol. The molecular weight excluding hydrogens is 463 g/mol. The molecule has 4 rings (SSSR count). The summed E-state index contributed by atoms with van der Waals surface area (Å²) in [7, 11) is 1.78. The lowest BCUT2D eigenvalue weighted by molar-refractivity contribution is 0.571. The van der Waals surface area contributed by atoms with Crippen LogP contribution >= 0.6 is 24.0 Å². The maximum absolute atomic E-state index is 5.61. The average Bonchev–Trinajstić information content (AvgIpc) is 3.14. The molecule has 1 aromatic heterocycles. The van der Waals surface area contributed by atoms with Gasteiger partial charge in [-0.3, -0.25) is 4.99 Å². The molecule has 0 bridgehead atoms. The Hall–Kier alpha value is -2.35. The molecule has 0 fully saturated rings. The fraction of sp³-hybridized carbons (Fsp3) is 0.273. The van der Waals surface area contributed by atoms with Crippen LogP contribution in [0.15, 0.2) is 64.2 Å². The number of guanidine groups is 1. The van der Waals surface area contributed by atoms with Crippen LogP contribution in [0.5, 0.6) is 0 Å². The Kier molecular flexibility index (Phi) is 6.72. The molecule has 1 aliphatic carbocycles. The molecule has 28 heavy (non-hydrogen) atoms. The highest BCUT2D eigenvalue weighted by Crippen LogP contribution is 2.33. The number of fused-ring (bicyclic) bond motifs is 1. The highest BCUT2D eigenvalue weighted by molar-refractivity contribution is 14.0. The second-order valence-corrected chi connectivity index (χ2v) is 6.92. The van der Waals surface area contributed by atoms with Gasteiger partial charge in [-0.1, -0.05) is 42.0 Å². The number of aromatic nitrogens is 1. The quantitative estimate of drug-likeness (QED) is 0.320. The summed E-state index contributed by atoms with van der Waals surface area (Å²) in [5, 5.41) is 6.71. The molecular formula is C22H25IN4O. The van der Waals surface area contributed by atoms with Crippen LogP contribution in [-0.4, -0.2) is 24.5 Å². The number of nitrogens with zero attached hydrogens (tertiary/aromatic N) is 2. The molecule has 1 aliphatic rings. The van der Waals surface area contributed by atoms with Gasteiger partial charge in [0.15, 0.2) is 5.96 Å². The van der Waals surface area contributed by atoms with E-state index in [1.165, 1.54) is 16.7 Å². The van der Waals surface area contributed by atoms with Gasteiger partial charge in [0.2, 0.25) is 5.89 Å². The molecule has 2 N–H and O–H groups in total. The number of hydrogen-bond donors (Lipinski definition) is 2. The molecule has 0 radical (unpaired) electrons. The Morgan fingerprint density at radius 2 is 1.93 bits per heavy atom. The summed E-state index contributed by atoms with van der Waals surface area (Å²) in [4.78, 5) is 8.86. The lowest BCUT2D eigenvalue weighted by atomic mass is 9.78. The molecule has 1 unspecified atom stereocenters. The molecule has 0 saturated heterocycles. The number of benzene rings is 2. The van der Waals surface area contributed by atoms with Gasteiger partial charge in [0.25, 0.3) is 0 Å². The van der Waals surface area contributed by atoms with Crippen molar-refractivity contribution in [3.8, 4) is 11.5 Å². The Morgan fingerprint density at radius 1 is 1.14 bits per heavy atom. The van der Waals surface area contributed by atoms with Crippen LogP contribution in [0.3, 0.4) is 0 Å². The van der Waals surface area contributed by atoms with E-state index in [0.29, 0.717) is 18.4 Å². The van der Waals surface area contributed by atoms with Crippen LogP contribution in [0.25, 0.3) is 11.5 Å². The SMILES string of the molecule is CN=C(NCc1coc(-c2ccc(C)cc2)n1)NCC1Cc2ccccc21.I. The first-order valence-electron chi connectivity index (χ1n) is 9.26. The number of aliphatic imine (C=N–C) groups is 1. The van der Waals surface area contributed by atoms with E-state index in [4.69, 9.17) is 4.42 Å². The fourth-order valence-electron chi connectivity index (χ4n) is 3.38. The number of hydrogen-bond acceptors (Lipinski definition) is 3. The number of nitrogens with one attached hydrogen (secondary N) is 2. The Bertz CT molecular complexity index is 949. The normalized spacial score (nSPS) is 15.2. The van der Waals surface area contributed by atoms with Crippen molar-refractivity contribution in [2.24, 2.45) is 4.99 Å². The van der Waals surface area contributed by atoms with Gasteiger partial charge in [-0.05, 0) is 36.6 Å². The van der Waals surface area contributed by atoms with Crippen molar-refractivity contribution < 1.29 is 4.42 Å². The molecule has 0 saturated carbocycles. The van der Waals surface area contributed by atoms with Crippen molar-refractivity contribution in [1.29, 1.82) is 0 Å². The van der Waals surface area contributed by atoms with Crippen LogP contribution in [-0.2, 0) is 13.0 Å². The molecule has 1 heterocycles. The number of oxazole rings is 1. The van der Waals surface area contributed by atoms with Crippen LogP contribution in [0, 0.1) is 6.92 Å². The van der Waals surface area contributed by atoms with E-state index >= 15 is 0 Å². The minimum absolute atomic E-state index is 0. The third-order valence-corrected chi connectivity index (χ3v) is 4.99. The van der Waals surface area contributed by atoms with E-state index in [9.17, 15) is 0 Å². The zero-order valence-corrected chi connectivity index (χ0v) is 18.4. The summed E-state index contributed by atoms with van der Waals surface area (Å²) >= 11 is 0. The first-order chi connectivity index (χ1) is 13.2. The molecule has 3 aromatic rings. The zero-order valence-electron chi connectivity index (χ0n) is 16.1. The Morgan fingerprint density at radius 3 is 2.68 bits per heavy atom. The molecule has 1 atom stereocenters. The van der Waals surface area contributed by atoms with Crippen LogP contribution in [0.2, 0.25) is 0 Å². The minimum atomic E-state index is 0. The van der Waals surface area contributed by atoms with Crippen molar-refractivity contribution in [3.63, 3.8) is 0 Å². The maximum Gasteiger partial charge on any atom is 0.226 e. The van der Waals surface area contributed by atoms with E-state index in [1.807, 2.05) is 12.1 Å². The molecule has 0 spiro atoms. The minimum Gasteiger partial charge on any atom is -0.444 e. The van der Waals surface area contributed by atoms with Crippen LogP contribution in [0.1, 0.15) is 28.3 Å². The van der Waals surface area contributed by atoms with E-state index in [1.54, 1.807) is 13.3 Å². The van der Waals surface area contributed by atoms with Gasteiger partial charge in [0, 0.05) is 25.1 Å². The third-order valence-electron chi connectivity index (χ3n) is 4.99. The van der Waals surface area contributed by atoms with Crippen molar-refractivity contribution >= 4 is 29.9 Å². The van der Waals surface area contributed by atoms with Crippen molar-refractivity contribution in [2.75, 3.05) is 13.6 Å². The summed E-state index contributed by atoms with van der Waals surface area (Å²) in [5.74, 6) is 1.97. The standard InChI is InChI=1S/C22H24N4O.HI/c1-15-7-9-16(10-8-15)21-26-19(14-27-21)13-25-22(23-2)24-12-18-11-17-5-3-4-6-20(17)18;/h3-10,14,18H,11-13H2,1-2H3,(H2,23,24,25);1H. The Balaban J connectivity index is 0.00000225. The topological polar surface area (TPSA) is 62.5 Å². The third kappa shape index (κ3) is 4.55. The van der Waals surface area contributed by atoms with Gasteiger partial charge >= 0.3 is 0 Å². The predicted molar refractivity (Wildman–Crippen MR) is 123 cm³/mol. The summed E-state index contributed by atoms with van der Waals surface area (Å²) in [6, 6.07) is 16.8. The fourth-order valence-corrected chi connectivity index (χ4v) is 3.38. The van der Waals surface area contributed by atoms with Gasteiger partial charge < -0.3 is 15.1 Å². The number of aryl methyl sites for hydroxylation is 1. The van der Waals surface area contributed by atoms with Crippen LogP contribution < -0.4 is 10.6 Å². The average molecular weight is 488 g/mol. The van der Waals surface area contributed by atoms with Crippen molar-refractivity contribution in [3.05, 3.63) is 77.2 Å². The van der Waals surface area contributed by atoms with Gasteiger partial charge in [-0.2, -0.15) is 0 Å². The van der Waals surface area contributed by atoms with Gasteiger partial charge in [-0.15, -0.1) is 24.0 Å². The van der Waals surface area contributed by atoms with Gasteiger partial charge in [0.05, 0.1) is 12.2 Å². The lowest BCUT2D eigenvalue weighted by Gasteiger charge is -2.30. The second-order valence-electron chi connectivity index (χ2n) is 6.92. The predicted octanol–water partition coefficient (Wildman–Crippen LogP) is 4.27. The number of halogens is 1.